The largest absolute Gasteiger partial charge is 0.377 e. The Labute approximate surface area is 142 Å². The zero-order valence-corrected chi connectivity index (χ0v) is 14.6. The summed E-state index contributed by atoms with van der Waals surface area (Å²) >= 11 is 0. The molecule has 7 nitrogen and oxygen atoms in total. The van der Waals surface area contributed by atoms with Gasteiger partial charge in [-0.2, -0.15) is 0 Å². The highest BCUT2D eigenvalue weighted by molar-refractivity contribution is 6.35. The molecule has 0 unspecified atom stereocenters. The zero-order chi connectivity index (χ0) is 17.9. The minimum Gasteiger partial charge on any atom is -0.377 e. The Hall–Kier alpha value is -2.57. The van der Waals surface area contributed by atoms with Gasteiger partial charge >= 0.3 is 11.8 Å². The van der Waals surface area contributed by atoms with Crippen molar-refractivity contribution in [2.45, 2.75) is 13.8 Å². The van der Waals surface area contributed by atoms with Crippen LogP contribution in [0.4, 0.5) is 11.4 Å². The summed E-state index contributed by atoms with van der Waals surface area (Å²) in [6.07, 6.45) is 0. The summed E-state index contributed by atoms with van der Waals surface area (Å²) in [7, 11) is 3.91. The molecule has 0 radical (unpaired) electrons. The third-order valence-electron chi connectivity index (χ3n) is 4.08. The fourth-order valence-corrected chi connectivity index (χ4v) is 2.78. The maximum Gasteiger partial charge on any atom is 0.312 e. The minimum absolute atomic E-state index is 0.114. The first-order valence-corrected chi connectivity index (χ1v) is 7.99. The number of likely N-dealkylation sites (N-methyl/N-ethyl adjacent to an activating group) is 1. The molecule has 2 rings (SSSR count). The average Bonchev–Trinajstić information content (AvgIpc) is 2.52. The second-order valence-electron chi connectivity index (χ2n) is 6.06. The van der Waals surface area contributed by atoms with Crippen LogP contribution in [0.5, 0.6) is 0 Å². The standard InChI is InChI=1S/C17H24N4O3/c1-5-20-8-9-21(17(24)16(20)23)11-15(22)18-13-6-7-14(19(3)4)12(2)10-13/h6-7,10H,5,8-9,11H2,1-4H3,(H,18,22). The van der Waals surface area contributed by atoms with Crippen molar-refractivity contribution >= 4 is 29.1 Å². The molecule has 7 heteroatoms. The minimum atomic E-state index is -0.614. The zero-order valence-electron chi connectivity index (χ0n) is 14.6. The Bertz CT molecular complexity index is 657. The number of benzene rings is 1. The van der Waals surface area contributed by atoms with Crippen molar-refractivity contribution in [2.75, 3.05) is 50.5 Å². The van der Waals surface area contributed by atoms with Crippen molar-refractivity contribution in [3.63, 3.8) is 0 Å². The molecule has 0 aromatic heterocycles. The predicted octanol–water partition coefficient (Wildman–Crippen LogP) is 0.690. The molecule has 1 heterocycles. The summed E-state index contributed by atoms with van der Waals surface area (Å²) < 4.78 is 0. The van der Waals surface area contributed by atoms with Crippen molar-refractivity contribution in [1.29, 1.82) is 0 Å². The summed E-state index contributed by atoms with van der Waals surface area (Å²) in [6, 6.07) is 5.64. The summed E-state index contributed by atoms with van der Waals surface area (Å²) in [4.78, 5) is 40.8. The van der Waals surface area contributed by atoms with E-state index in [2.05, 4.69) is 5.32 Å². The predicted molar refractivity (Wildman–Crippen MR) is 93.0 cm³/mol. The molecule has 1 aliphatic rings. The molecule has 0 spiro atoms. The normalized spacial score (nSPS) is 14.8. The number of nitrogens with one attached hydrogen (secondary N) is 1. The van der Waals surface area contributed by atoms with Crippen LogP contribution in [0.15, 0.2) is 18.2 Å². The second kappa shape index (κ2) is 7.33. The fraction of sp³-hybridized carbons (Fsp3) is 0.471. The number of amides is 3. The van der Waals surface area contributed by atoms with Gasteiger partial charge in [-0.05, 0) is 37.6 Å². The highest BCUT2D eigenvalue weighted by Gasteiger charge is 2.32. The number of carbonyl (C=O) groups excluding carboxylic acids is 3. The van der Waals surface area contributed by atoms with Gasteiger partial charge in [0, 0.05) is 45.1 Å². The number of carbonyl (C=O) groups is 3. The van der Waals surface area contributed by atoms with Gasteiger partial charge in [0.25, 0.3) is 0 Å². The molecule has 1 aliphatic heterocycles. The molecule has 130 valence electrons. The number of aryl methyl sites for hydroxylation is 1. The van der Waals surface area contributed by atoms with Gasteiger partial charge in [0.1, 0.15) is 6.54 Å². The van der Waals surface area contributed by atoms with Gasteiger partial charge in [-0.1, -0.05) is 0 Å². The van der Waals surface area contributed by atoms with E-state index in [1.165, 1.54) is 9.80 Å². The smallest absolute Gasteiger partial charge is 0.312 e. The van der Waals surface area contributed by atoms with E-state index in [1.807, 2.05) is 51.0 Å². The van der Waals surface area contributed by atoms with Crippen LogP contribution in [0.25, 0.3) is 0 Å². The third kappa shape index (κ3) is 3.84. The molecule has 1 N–H and O–H groups in total. The van der Waals surface area contributed by atoms with Crippen molar-refractivity contribution in [1.82, 2.24) is 9.80 Å². The molecule has 1 aromatic carbocycles. The molecular weight excluding hydrogens is 308 g/mol. The molecule has 1 fully saturated rings. The molecule has 0 saturated carbocycles. The molecular formula is C17H24N4O3. The number of nitrogens with zero attached hydrogens (tertiary/aromatic N) is 3. The average molecular weight is 332 g/mol. The summed E-state index contributed by atoms with van der Waals surface area (Å²) in [5.41, 5.74) is 2.79. The maximum absolute atomic E-state index is 12.2. The molecule has 0 aliphatic carbocycles. The fourth-order valence-electron chi connectivity index (χ4n) is 2.78. The van der Waals surface area contributed by atoms with Gasteiger partial charge in [0.15, 0.2) is 0 Å². The second-order valence-corrected chi connectivity index (χ2v) is 6.06. The number of hydrogen-bond donors (Lipinski definition) is 1. The summed E-state index contributed by atoms with van der Waals surface area (Å²) in [5.74, 6) is -1.46. The van der Waals surface area contributed by atoms with E-state index in [0.717, 1.165) is 11.3 Å². The van der Waals surface area contributed by atoms with Crippen molar-refractivity contribution in [2.24, 2.45) is 0 Å². The van der Waals surface area contributed by atoms with Crippen LogP contribution in [0, 0.1) is 6.92 Å². The Balaban J connectivity index is 1.97. The van der Waals surface area contributed by atoms with Gasteiger partial charge in [-0.25, -0.2) is 0 Å². The lowest BCUT2D eigenvalue weighted by molar-refractivity contribution is -0.156. The Kier molecular flexibility index (Phi) is 5.43. The number of anilines is 2. The molecule has 24 heavy (non-hydrogen) atoms. The first-order chi connectivity index (χ1) is 11.3. The quantitative estimate of drug-likeness (QED) is 0.805. The molecule has 1 aromatic rings. The van der Waals surface area contributed by atoms with E-state index in [1.54, 1.807) is 0 Å². The first kappa shape index (κ1) is 17.8. The lowest BCUT2D eigenvalue weighted by atomic mass is 10.1. The summed E-state index contributed by atoms with van der Waals surface area (Å²) in [5, 5.41) is 2.78. The van der Waals surface area contributed by atoms with Gasteiger partial charge < -0.3 is 20.0 Å². The monoisotopic (exact) mass is 332 g/mol. The van der Waals surface area contributed by atoms with Gasteiger partial charge in [-0.3, -0.25) is 14.4 Å². The van der Waals surface area contributed by atoms with Crippen LogP contribution >= 0.6 is 0 Å². The molecule has 3 amide bonds. The lowest BCUT2D eigenvalue weighted by Gasteiger charge is -2.32. The molecule has 0 bridgehead atoms. The van der Waals surface area contributed by atoms with Crippen LogP contribution in [-0.4, -0.2) is 67.8 Å². The highest BCUT2D eigenvalue weighted by Crippen LogP contribution is 2.21. The molecule has 1 saturated heterocycles. The summed E-state index contributed by atoms with van der Waals surface area (Å²) in [6.45, 7) is 5.03. The van der Waals surface area contributed by atoms with E-state index in [-0.39, 0.29) is 12.5 Å². The SMILES string of the molecule is CCN1CCN(CC(=O)Nc2ccc(N(C)C)c(C)c2)C(=O)C1=O. The van der Waals surface area contributed by atoms with Gasteiger partial charge in [-0.15, -0.1) is 0 Å². The van der Waals surface area contributed by atoms with E-state index in [0.29, 0.717) is 25.3 Å². The van der Waals surface area contributed by atoms with E-state index in [9.17, 15) is 14.4 Å². The first-order valence-electron chi connectivity index (χ1n) is 7.99. The number of rotatable bonds is 5. The van der Waals surface area contributed by atoms with Crippen LogP contribution in [-0.2, 0) is 14.4 Å². The topological polar surface area (TPSA) is 73.0 Å². The Morgan fingerprint density at radius 1 is 1.17 bits per heavy atom. The van der Waals surface area contributed by atoms with Crippen LogP contribution in [0.3, 0.4) is 0 Å². The molecule has 0 atom stereocenters. The maximum atomic E-state index is 12.2. The van der Waals surface area contributed by atoms with Crippen LogP contribution < -0.4 is 10.2 Å². The lowest BCUT2D eigenvalue weighted by Crippen LogP contribution is -2.55. The third-order valence-corrected chi connectivity index (χ3v) is 4.08. The Morgan fingerprint density at radius 2 is 1.79 bits per heavy atom. The van der Waals surface area contributed by atoms with Crippen molar-refractivity contribution in [3.8, 4) is 0 Å². The van der Waals surface area contributed by atoms with Crippen molar-refractivity contribution < 1.29 is 14.4 Å². The number of hydrogen-bond acceptors (Lipinski definition) is 4. The van der Waals surface area contributed by atoms with E-state index in [4.69, 9.17) is 0 Å². The van der Waals surface area contributed by atoms with Crippen molar-refractivity contribution in [3.05, 3.63) is 23.8 Å². The van der Waals surface area contributed by atoms with Crippen LogP contribution in [0.1, 0.15) is 12.5 Å². The van der Waals surface area contributed by atoms with Crippen LogP contribution in [0.2, 0.25) is 0 Å². The Morgan fingerprint density at radius 3 is 2.38 bits per heavy atom. The van der Waals surface area contributed by atoms with E-state index < -0.39 is 11.8 Å². The number of piperazine rings is 1. The van der Waals surface area contributed by atoms with Gasteiger partial charge in [0.05, 0.1) is 0 Å². The highest BCUT2D eigenvalue weighted by atomic mass is 16.2. The van der Waals surface area contributed by atoms with Gasteiger partial charge in [0.2, 0.25) is 5.91 Å². The van der Waals surface area contributed by atoms with E-state index >= 15 is 0 Å².